The molecule has 3 rings (SSSR count). The van der Waals surface area contributed by atoms with E-state index in [0.29, 0.717) is 11.5 Å². The fraction of sp³-hybridized carbons (Fsp3) is 0.200. The second-order valence-corrected chi connectivity index (χ2v) is 6.81. The summed E-state index contributed by atoms with van der Waals surface area (Å²) < 4.78 is 38.2. The molecule has 0 bridgehead atoms. The second kappa shape index (κ2) is 6.46. The van der Waals surface area contributed by atoms with Gasteiger partial charge in [0.05, 0.1) is 11.5 Å². The molecule has 24 heavy (non-hydrogen) atoms. The summed E-state index contributed by atoms with van der Waals surface area (Å²) in [6, 6.07) is 12.2. The molecule has 0 fully saturated rings. The molecule has 0 unspecified atom stereocenters. The predicted molar refractivity (Wildman–Crippen MR) is 84.6 cm³/mol. The quantitative estimate of drug-likeness (QED) is 0.650. The lowest BCUT2D eigenvalue weighted by Gasteiger charge is -2.26. The number of nitro benzene ring substituents is 1. The number of benzene rings is 2. The molecule has 0 amide bonds. The smallest absolute Gasteiger partial charge is 0.289 e. The minimum absolute atomic E-state index is 0.0667. The molecular weight excluding hydrogens is 336 g/mol. The van der Waals surface area contributed by atoms with Gasteiger partial charge in [-0.2, -0.15) is 0 Å². The van der Waals surface area contributed by atoms with E-state index in [0.717, 1.165) is 6.07 Å². The first-order chi connectivity index (χ1) is 11.5. The zero-order chi connectivity index (χ0) is 17.2. The van der Waals surface area contributed by atoms with Gasteiger partial charge in [-0.3, -0.25) is 10.1 Å². The van der Waals surface area contributed by atoms with E-state index in [1.54, 1.807) is 24.3 Å². The van der Waals surface area contributed by atoms with Crippen molar-refractivity contribution < 1.29 is 22.8 Å². The Labute approximate surface area is 138 Å². The normalized spacial score (nSPS) is 16.6. The molecular formula is C15H14N2O6S. The number of hydrogen-bond acceptors (Lipinski definition) is 6. The largest absolute Gasteiger partial charge is 0.486 e. The Morgan fingerprint density at radius 3 is 2.54 bits per heavy atom. The van der Waals surface area contributed by atoms with Gasteiger partial charge in [0.1, 0.15) is 12.7 Å². The number of hydrogen-bond donors (Lipinski definition) is 1. The van der Waals surface area contributed by atoms with Crippen molar-refractivity contribution in [2.24, 2.45) is 0 Å². The van der Waals surface area contributed by atoms with E-state index in [1.165, 1.54) is 18.2 Å². The molecule has 1 aliphatic heterocycles. The first kappa shape index (κ1) is 16.2. The highest BCUT2D eigenvalue weighted by atomic mass is 32.2. The Balaban J connectivity index is 1.72. The van der Waals surface area contributed by atoms with Crippen LogP contribution in [0.4, 0.5) is 5.69 Å². The Morgan fingerprint density at radius 1 is 1.12 bits per heavy atom. The number of rotatable bonds is 5. The van der Waals surface area contributed by atoms with Crippen molar-refractivity contribution in [2.75, 3.05) is 13.2 Å². The zero-order valence-electron chi connectivity index (χ0n) is 12.4. The third-order valence-electron chi connectivity index (χ3n) is 3.42. The van der Waals surface area contributed by atoms with Gasteiger partial charge in [0.2, 0.25) is 10.0 Å². The summed E-state index contributed by atoms with van der Waals surface area (Å²) in [5.41, 5.74) is -0.476. The highest BCUT2D eigenvalue weighted by molar-refractivity contribution is 7.89. The number of nitrogens with one attached hydrogen (secondary N) is 1. The molecule has 9 heteroatoms. The summed E-state index contributed by atoms with van der Waals surface area (Å²) in [6.45, 7) is 0.110. The van der Waals surface area contributed by atoms with Gasteiger partial charge < -0.3 is 9.47 Å². The maximum absolute atomic E-state index is 12.3. The van der Waals surface area contributed by atoms with E-state index in [-0.39, 0.29) is 18.0 Å². The Kier molecular flexibility index (Phi) is 4.36. The van der Waals surface area contributed by atoms with Crippen LogP contribution >= 0.6 is 0 Å². The van der Waals surface area contributed by atoms with E-state index >= 15 is 0 Å². The van der Waals surface area contributed by atoms with Crippen LogP contribution in [0, 0.1) is 10.1 Å². The molecule has 2 aromatic carbocycles. The van der Waals surface area contributed by atoms with Gasteiger partial charge in [-0.05, 0) is 18.2 Å². The van der Waals surface area contributed by atoms with Gasteiger partial charge in [0, 0.05) is 6.07 Å². The average Bonchev–Trinajstić information content (AvgIpc) is 2.60. The van der Waals surface area contributed by atoms with Crippen LogP contribution in [0.3, 0.4) is 0 Å². The van der Waals surface area contributed by atoms with Crippen molar-refractivity contribution in [3.8, 4) is 11.5 Å². The Morgan fingerprint density at radius 2 is 1.79 bits per heavy atom. The van der Waals surface area contributed by atoms with Crippen LogP contribution in [0.2, 0.25) is 0 Å². The Hall–Kier alpha value is -2.65. The van der Waals surface area contributed by atoms with Crippen molar-refractivity contribution in [1.29, 1.82) is 0 Å². The topological polar surface area (TPSA) is 108 Å². The second-order valence-electron chi connectivity index (χ2n) is 5.07. The minimum atomic E-state index is -4.04. The van der Waals surface area contributed by atoms with E-state index in [4.69, 9.17) is 9.47 Å². The summed E-state index contributed by atoms with van der Waals surface area (Å²) in [6.07, 6.45) is -0.530. The zero-order valence-corrected chi connectivity index (χ0v) is 13.2. The van der Waals surface area contributed by atoms with Crippen LogP contribution in [-0.2, 0) is 10.0 Å². The number of para-hydroxylation sites is 3. The van der Waals surface area contributed by atoms with Crippen molar-refractivity contribution in [1.82, 2.24) is 4.72 Å². The van der Waals surface area contributed by atoms with Crippen LogP contribution in [0.1, 0.15) is 0 Å². The predicted octanol–water partition coefficient (Wildman–Crippen LogP) is 1.71. The fourth-order valence-corrected chi connectivity index (χ4v) is 3.52. The highest BCUT2D eigenvalue weighted by Crippen LogP contribution is 2.31. The van der Waals surface area contributed by atoms with E-state index < -0.39 is 26.7 Å². The standard InChI is InChI=1S/C15H14N2O6S/c18-17(19)12-5-1-4-8-15(12)24(20,21)16-9-11-10-22-13-6-2-3-7-14(13)23-11/h1-8,11,16H,9-10H2/t11-/m0/s1. The lowest BCUT2D eigenvalue weighted by atomic mass is 10.2. The number of nitro groups is 1. The van der Waals surface area contributed by atoms with Crippen LogP contribution in [0.5, 0.6) is 11.5 Å². The minimum Gasteiger partial charge on any atom is -0.486 e. The van der Waals surface area contributed by atoms with Crippen LogP contribution < -0.4 is 14.2 Å². The summed E-state index contributed by atoms with van der Waals surface area (Å²) in [7, 11) is -4.04. The lowest BCUT2D eigenvalue weighted by molar-refractivity contribution is -0.387. The van der Waals surface area contributed by atoms with Gasteiger partial charge in [-0.25, -0.2) is 13.1 Å². The number of sulfonamides is 1. The van der Waals surface area contributed by atoms with Crippen LogP contribution in [0.25, 0.3) is 0 Å². The van der Waals surface area contributed by atoms with Gasteiger partial charge in [0.25, 0.3) is 5.69 Å². The summed E-state index contributed by atoms with van der Waals surface area (Å²) in [5, 5.41) is 11.0. The highest BCUT2D eigenvalue weighted by Gasteiger charge is 2.27. The van der Waals surface area contributed by atoms with Gasteiger partial charge in [0.15, 0.2) is 16.4 Å². The van der Waals surface area contributed by atoms with Gasteiger partial charge in [-0.1, -0.05) is 24.3 Å². The molecule has 1 aliphatic rings. The fourth-order valence-electron chi connectivity index (χ4n) is 2.28. The van der Waals surface area contributed by atoms with Crippen molar-refractivity contribution >= 4 is 15.7 Å². The van der Waals surface area contributed by atoms with Gasteiger partial charge in [-0.15, -0.1) is 0 Å². The maximum Gasteiger partial charge on any atom is 0.289 e. The first-order valence-corrected chi connectivity index (χ1v) is 8.57. The summed E-state index contributed by atoms with van der Waals surface area (Å²) >= 11 is 0. The van der Waals surface area contributed by atoms with Crippen LogP contribution in [0.15, 0.2) is 53.4 Å². The molecule has 0 aliphatic carbocycles. The molecule has 0 spiro atoms. The lowest BCUT2D eigenvalue weighted by Crippen LogP contribution is -2.40. The third-order valence-corrected chi connectivity index (χ3v) is 4.89. The van der Waals surface area contributed by atoms with Crippen molar-refractivity contribution in [3.05, 3.63) is 58.6 Å². The SMILES string of the molecule is O=[N+]([O-])c1ccccc1S(=O)(=O)NC[C@H]1COc2ccccc2O1. The molecule has 2 aromatic rings. The van der Waals surface area contributed by atoms with E-state index in [2.05, 4.69) is 4.72 Å². The van der Waals surface area contributed by atoms with Crippen molar-refractivity contribution in [2.45, 2.75) is 11.0 Å². The molecule has 8 nitrogen and oxygen atoms in total. The first-order valence-electron chi connectivity index (χ1n) is 7.09. The summed E-state index contributed by atoms with van der Waals surface area (Å²) in [4.78, 5) is 9.87. The van der Waals surface area contributed by atoms with Crippen LogP contribution in [-0.4, -0.2) is 32.6 Å². The van der Waals surface area contributed by atoms with Crippen molar-refractivity contribution in [3.63, 3.8) is 0 Å². The molecule has 0 saturated carbocycles. The molecule has 0 aromatic heterocycles. The molecule has 126 valence electrons. The average molecular weight is 350 g/mol. The number of ether oxygens (including phenoxy) is 2. The Bertz CT molecular complexity index is 868. The summed E-state index contributed by atoms with van der Waals surface area (Å²) in [5.74, 6) is 1.12. The molecule has 1 N–H and O–H groups in total. The molecule has 1 heterocycles. The molecule has 0 radical (unpaired) electrons. The number of fused-ring (bicyclic) bond motifs is 1. The van der Waals surface area contributed by atoms with E-state index in [9.17, 15) is 18.5 Å². The number of nitrogens with zero attached hydrogens (tertiary/aromatic N) is 1. The molecule has 1 atom stereocenters. The molecule has 0 saturated heterocycles. The third kappa shape index (κ3) is 3.31. The maximum atomic E-state index is 12.3. The monoisotopic (exact) mass is 350 g/mol. The van der Waals surface area contributed by atoms with E-state index in [1.807, 2.05) is 0 Å². The van der Waals surface area contributed by atoms with Gasteiger partial charge >= 0.3 is 0 Å².